The molecule has 0 amide bonds. The van der Waals surface area contributed by atoms with Gasteiger partial charge in [0.25, 0.3) is 5.69 Å². The van der Waals surface area contributed by atoms with Crippen LogP contribution in [0.4, 0.5) is 5.69 Å². The molecule has 2 N–H and O–H groups in total. The van der Waals surface area contributed by atoms with Crippen LogP contribution < -0.4 is 10.1 Å². The Morgan fingerprint density at radius 2 is 2.06 bits per heavy atom. The van der Waals surface area contributed by atoms with Crippen molar-refractivity contribution in [3.8, 4) is 11.4 Å². The number of nitro groups is 1. The van der Waals surface area contributed by atoms with Crippen molar-refractivity contribution in [1.29, 1.82) is 0 Å². The largest absolute Gasteiger partial charge is 0.496 e. The first-order chi connectivity index (χ1) is 16.4. The number of nitrogens with zero attached hydrogens (tertiary/aromatic N) is 4. The Kier molecular flexibility index (Phi) is 6.80. The monoisotopic (exact) mass is 481 g/mol. The maximum atomic E-state index is 11.9. The van der Waals surface area contributed by atoms with E-state index in [1.807, 2.05) is 42.7 Å². The lowest BCUT2D eigenvalue weighted by Gasteiger charge is -2.28. The average molecular weight is 482 g/mol. The molecule has 3 heterocycles. The van der Waals surface area contributed by atoms with E-state index in [1.165, 1.54) is 13.2 Å². The van der Waals surface area contributed by atoms with Crippen LogP contribution in [0.25, 0.3) is 5.69 Å². The van der Waals surface area contributed by atoms with Crippen molar-refractivity contribution in [3.05, 3.63) is 81.4 Å². The molecule has 34 heavy (non-hydrogen) atoms. The molecule has 1 saturated heterocycles. The van der Waals surface area contributed by atoms with Gasteiger partial charge < -0.3 is 24.6 Å². The molecule has 1 fully saturated rings. The maximum absolute atomic E-state index is 11.9. The fraction of sp³-hybridized carbons (Fsp3) is 0.333. The van der Waals surface area contributed by atoms with Gasteiger partial charge in [0.05, 0.1) is 35.9 Å². The number of thiocarbonyl (C=S) groups is 1. The molecule has 1 aromatic carbocycles. The topological polar surface area (TPSA) is 106 Å². The number of pyridine rings is 1. The Balaban J connectivity index is 1.86. The van der Waals surface area contributed by atoms with Crippen LogP contribution in [0.2, 0.25) is 0 Å². The molecule has 1 aliphatic heterocycles. The molecule has 4 rings (SSSR count). The number of ether oxygens (including phenoxy) is 1. The lowest BCUT2D eigenvalue weighted by atomic mass is 9.96. The third kappa shape index (κ3) is 4.22. The molecule has 0 aliphatic carbocycles. The van der Waals surface area contributed by atoms with E-state index in [1.54, 1.807) is 18.3 Å². The molecular weight excluding hydrogens is 454 g/mol. The van der Waals surface area contributed by atoms with Crippen LogP contribution >= 0.6 is 12.2 Å². The van der Waals surface area contributed by atoms with E-state index < -0.39 is 4.92 Å². The first-order valence-corrected chi connectivity index (χ1v) is 11.4. The van der Waals surface area contributed by atoms with Crippen LogP contribution in [-0.2, 0) is 0 Å². The number of benzene rings is 1. The minimum atomic E-state index is -0.396. The lowest BCUT2D eigenvalue weighted by molar-refractivity contribution is -0.384. The zero-order valence-corrected chi connectivity index (χ0v) is 20.1. The van der Waals surface area contributed by atoms with Crippen LogP contribution in [0.1, 0.15) is 41.1 Å². The number of nitro benzene ring substituents is 1. The zero-order chi connectivity index (χ0) is 24.4. The van der Waals surface area contributed by atoms with Crippen LogP contribution in [0, 0.1) is 24.0 Å². The van der Waals surface area contributed by atoms with Crippen molar-refractivity contribution in [2.75, 3.05) is 20.3 Å². The molecule has 1 aliphatic rings. The van der Waals surface area contributed by atoms with Gasteiger partial charge in [-0.05, 0) is 68.4 Å². The van der Waals surface area contributed by atoms with Gasteiger partial charge in [-0.1, -0.05) is 6.07 Å². The van der Waals surface area contributed by atoms with Gasteiger partial charge in [-0.2, -0.15) is 0 Å². The van der Waals surface area contributed by atoms with Crippen molar-refractivity contribution in [1.82, 2.24) is 19.8 Å². The number of aliphatic hydroxyl groups is 1. The predicted molar refractivity (Wildman–Crippen MR) is 132 cm³/mol. The smallest absolute Gasteiger partial charge is 0.296 e. The Bertz CT molecular complexity index is 1210. The van der Waals surface area contributed by atoms with Gasteiger partial charge >= 0.3 is 0 Å². The summed E-state index contributed by atoms with van der Waals surface area (Å²) >= 11 is 5.66. The van der Waals surface area contributed by atoms with E-state index in [2.05, 4.69) is 15.2 Å². The minimum Gasteiger partial charge on any atom is -0.496 e. The van der Waals surface area contributed by atoms with Crippen molar-refractivity contribution >= 4 is 23.0 Å². The molecule has 0 radical (unpaired) electrons. The Morgan fingerprint density at radius 3 is 2.71 bits per heavy atom. The summed E-state index contributed by atoms with van der Waals surface area (Å²) in [5.41, 5.74) is 4.01. The number of methoxy groups -OCH3 is 1. The summed E-state index contributed by atoms with van der Waals surface area (Å²) in [5.74, 6) is 0.425. The first-order valence-electron chi connectivity index (χ1n) is 11.0. The standard InChI is InChI=1S/C24H27N5O4S/c1-15-13-18(16(2)28(15)20-9-8-17(33-3)14-21(20)29(31)32)23-22(19-7-4-5-10-25-19)26-24(34)27(23)11-6-12-30/h4-5,7-10,13-14,22-23,30H,6,11-12H2,1-3H3,(H,26,34)/t22-,23+/m1/s1. The van der Waals surface area contributed by atoms with Gasteiger partial charge in [0.1, 0.15) is 11.4 Å². The second-order valence-corrected chi connectivity index (χ2v) is 8.56. The van der Waals surface area contributed by atoms with Crippen molar-refractivity contribution in [2.45, 2.75) is 32.4 Å². The van der Waals surface area contributed by atoms with E-state index in [0.29, 0.717) is 29.5 Å². The lowest BCUT2D eigenvalue weighted by Crippen LogP contribution is -2.31. The van der Waals surface area contributed by atoms with Gasteiger partial charge in [0, 0.05) is 30.7 Å². The summed E-state index contributed by atoms with van der Waals surface area (Å²) in [4.78, 5) is 18.1. The number of hydrogen-bond acceptors (Lipinski definition) is 6. The highest BCUT2D eigenvalue weighted by molar-refractivity contribution is 7.80. The summed E-state index contributed by atoms with van der Waals surface area (Å²) in [6.07, 6.45) is 2.31. The number of aliphatic hydroxyl groups excluding tert-OH is 1. The van der Waals surface area contributed by atoms with Crippen molar-refractivity contribution in [3.63, 3.8) is 0 Å². The number of aryl methyl sites for hydroxylation is 1. The molecule has 0 bridgehead atoms. The molecule has 0 saturated carbocycles. The van der Waals surface area contributed by atoms with Crippen LogP contribution in [-0.4, -0.2) is 49.9 Å². The average Bonchev–Trinajstić information content (AvgIpc) is 3.32. The van der Waals surface area contributed by atoms with Crippen molar-refractivity contribution < 1.29 is 14.8 Å². The van der Waals surface area contributed by atoms with E-state index in [-0.39, 0.29) is 24.4 Å². The highest BCUT2D eigenvalue weighted by Gasteiger charge is 2.41. The summed E-state index contributed by atoms with van der Waals surface area (Å²) in [6, 6.07) is 12.3. The molecule has 0 spiro atoms. The number of nitrogens with one attached hydrogen (secondary N) is 1. The predicted octanol–water partition coefficient (Wildman–Crippen LogP) is 3.76. The SMILES string of the molecule is COc1ccc(-n2c(C)cc([C@H]3[C@@H](c4ccccn4)NC(=S)N3CCCO)c2C)c([N+](=O)[O-])c1. The normalized spacial score (nSPS) is 17.6. The number of hydrogen-bond donors (Lipinski definition) is 2. The number of aromatic nitrogens is 2. The fourth-order valence-corrected chi connectivity index (χ4v) is 4.98. The molecule has 2 aromatic heterocycles. The van der Waals surface area contributed by atoms with Gasteiger partial charge in [-0.25, -0.2) is 0 Å². The summed E-state index contributed by atoms with van der Waals surface area (Å²) < 4.78 is 7.10. The summed E-state index contributed by atoms with van der Waals surface area (Å²) in [6.45, 7) is 4.51. The first kappa shape index (κ1) is 23.7. The molecule has 3 aromatic rings. The van der Waals surface area contributed by atoms with Crippen LogP contribution in [0.15, 0.2) is 48.7 Å². The van der Waals surface area contributed by atoms with E-state index >= 15 is 0 Å². The third-order valence-corrected chi connectivity index (χ3v) is 6.52. The second kappa shape index (κ2) is 9.78. The van der Waals surface area contributed by atoms with Gasteiger partial charge in [-0.15, -0.1) is 0 Å². The second-order valence-electron chi connectivity index (χ2n) is 8.17. The highest BCUT2D eigenvalue weighted by Crippen LogP contribution is 2.42. The van der Waals surface area contributed by atoms with Gasteiger partial charge in [0.2, 0.25) is 0 Å². The summed E-state index contributed by atoms with van der Waals surface area (Å²) in [5, 5.41) is 25.3. The zero-order valence-electron chi connectivity index (χ0n) is 19.3. The maximum Gasteiger partial charge on any atom is 0.296 e. The molecule has 10 heteroatoms. The fourth-order valence-electron chi connectivity index (χ4n) is 4.65. The Hall–Kier alpha value is -3.50. The summed E-state index contributed by atoms with van der Waals surface area (Å²) in [7, 11) is 1.48. The van der Waals surface area contributed by atoms with Gasteiger partial charge in [-0.3, -0.25) is 15.1 Å². The van der Waals surface area contributed by atoms with Crippen molar-refractivity contribution in [2.24, 2.45) is 0 Å². The molecule has 9 nitrogen and oxygen atoms in total. The quantitative estimate of drug-likeness (QED) is 0.285. The van der Waals surface area contributed by atoms with Crippen LogP contribution in [0.3, 0.4) is 0 Å². The number of rotatable bonds is 8. The highest BCUT2D eigenvalue weighted by atomic mass is 32.1. The molecular formula is C24H27N5O4S. The Labute approximate surface area is 203 Å². The van der Waals surface area contributed by atoms with Gasteiger partial charge in [0.15, 0.2) is 5.11 Å². The third-order valence-electron chi connectivity index (χ3n) is 6.16. The van der Waals surface area contributed by atoms with Crippen LogP contribution in [0.5, 0.6) is 5.75 Å². The van der Waals surface area contributed by atoms with E-state index in [0.717, 1.165) is 22.6 Å². The minimum absolute atomic E-state index is 0.0359. The molecule has 0 unspecified atom stereocenters. The molecule has 178 valence electrons. The van der Waals surface area contributed by atoms with E-state index in [4.69, 9.17) is 17.0 Å². The van der Waals surface area contributed by atoms with E-state index in [9.17, 15) is 15.2 Å². The Morgan fingerprint density at radius 1 is 1.26 bits per heavy atom. The molecule has 2 atom stereocenters.